The minimum atomic E-state index is -1.12. The fourth-order valence-electron chi connectivity index (χ4n) is 3.64. The minimum absolute atomic E-state index is 0.111. The molecule has 2 aromatic carbocycles. The van der Waals surface area contributed by atoms with Crippen molar-refractivity contribution in [2.45, 2.75) is 51.4 Å². The van der Waals surface area contributed by atoms with Crippen LogP contribution < -0.4 is 9.47 Å². The van der Waals surface area contributed by atoms with Crippen LogP contribution in [0.25, 0.3) is 6.08 Å². The molecule has 2 aromatic rings. The predicted octanol–water partition coefficient (Wildman–Crippen LogP) is 3.88. The number of hydrogen-bond acceptors (Lipinski definition) is 5. The average Bonchev–Trinajstić information content (AvgIpc) is 3.07. The maximum Gasteiger partial charge on any atom is 0.200 e. The zero-order chi connectivity index (χ0) is 20.3. The van der Waals surface area contributed by atoms with Crippen LogP contribution in [-0.4, -0.2) is 33.3 Å². The van der Waals surface area contributed by atoms with E-state index >= 15 is 0 Å². The van der Waals surface area contributed by atoms with Crippen molar-refractivity contribution in [3.05, 3.63) is 58.7 Å². The van der Waals surface area contributed by atoms with Crippen molar-refractivity contribution in [2.75, 3.05) is 0 Å². The highest BCUT2D eigenvalue weighted by molar-refractivity contribution is 6.14. The molecule has 2 N–H and O–H groups in total. The van der Waals surface area contributed by atoms with Crippen LogP contribution >= 0.6 is 0 Å². The Bertz CT molecular complexity index is 981. The quantitative estimate of drug-likeness (QED) is 0.791. The molecular formula is C23H24O5. The molecule has 1 atom stereocenters. The van der Waals surface area contributed by atoms with E-state index in [1.165, 1.54) is 0 Å². The topological polar surface area (TPSA) is 76.0 Å². The predicted molar refractivity (Wildman–Crippen MR) is 106 cm³/mol. The van der Waals surface area contributed by atoms with Crippen LogP contribution in [0.1, 0.15) is 54.7 Å². The van der Waals surface area contributed by atoms with E-state index in [-0.39, 0.29) is 17.1 Å². The molecule has 0 aliphatic carbocycles. The van der Waals surface area contributed by atoms with Gasteiger partial charge < -0.3 is 19.7 Å². The molecule has 0 bridgehead atoms. The van der Waals surface area contributed by atoms with Crippen molar-refractivity contribution in [3.63, 3.8) is 0 Å². The number of aliphatic hydroxyl groups is 1. The monoisotopic (exact) mass is 380 g/mol. The summed E-state index contributed by atoms with van der Waals surface area (Å²) in [6.45, 7) is 7.17. The van der Waals surface area contributed by atoms with E-state index in [4.69, 9.17) is 9.47 Å². The van der Waals surface area contributed by atoms with Gasteiger partial charge in [-0.3, -0.25) is 4.79 Å². The maximum atomic E-state index is 13.2. The molecule has 5 nitrogen and oxygen atoms in total. The SMILES string of the molecule is CC1(C)C=Cc2c(O)c(C(=O)c3ccccc3)c3c(c2O1)CC(C(C)(C)O)O3. The van der Waals surface area contributed by atoms with Crippen LogP contribution in [0.15, 0.2) is 36.4 Å². The normalized spacial score (nSPS) is 19.4. The standard InChI is InChI=1S/C23H24O5/c1-22(2)11-10-14-19(25)17(18(24)13-8-6-5-7-9-13)21-15(20(14)28-22)12-16(27-21)23(3,4)26/h5-11,16,25-26H,12H2,1-4H3. The van der Waals surface area contributed by atoms with Crippen molar-refractivity contribution < 1.29 is 24.5 Å². The Hall–Kier alpha value is -2.79. The van der Waals surface area contributed by atoms with Crippen molar-refractivity contribution in [3.8, 4) is 17.2 Å². The number of carbonyl (C=O) groups excluding carboxylic acids is 1. The van der Waals surface area contributed by atoms with Gasteiger partial charge in [-0.2, -0.15) is 0 Å². The Kier molecular flexibility index (Phi) is 4.05. The summed E-state index contributed by atoms with van der Waals surface area (Å²) in [6, 6.07) is 8.77. The summed E-state index contributed by atoms with van der Waals surface area (Å²) in [6.07, 6.45) is 3.48. The molecule has 1 unspecified atom stereocenters. The van der Waals surface area contributed by atoms with Gasteiger partial charge in [0.05, 0.1) is 11.2 Å². The summed E-state index contributed by atoms with van der Waals surface area (Å²) in [5.41, 5.74) is 0.0736. The van der Waals surface area contributed by atoms with E-state index in [9.17, 15) is 15.0 Å². The summed E-state index contributed by atoms with van der Waals surface area (Å²) in [7, 11) is 0. The molecular weight excluding hydrogens is 356 g/mol. The van der Waals surface area contributed by atoms with Gasteiger partial charge in [0.2, 0.25) is 5.78 Å². The highest BCUT2D eigenvalue weighted by Gasteiger charge is 2.42. The van der Waals surface area contributed by atoms with Crippen molar-refractivity contribution >= 4 is 11.9 Å². The number of ketones is 1. The second kappa shape index (κ2) is 6.11. The Balaban J connectivity index is 1.94. The molecule has 2 aliphatic heterocycles. The first-order valence-corrected chi connectivity index (χ1v) is 9.37. The molecule has 0 spiro atoms. The number of rotatable bonds is 3. The number of benzene rings is 2. The van der Waals surface area contributed by atoms with E-state index in [2.05, 4.69) is 0 Å². The van der Waals surface area contributed by atoms with Gasteiger partial charge in [-0.1, -0.05) is 30.3 Å². The second-order valence-corrected chi connectivity index (χ2v) is 8.47. The summed E-state index contributed by atoms with van der Waals surface area (Å²) in [5, 5.41) is 21.5. The number of fused-ring (bicyclic) bond motifs is 3. The van der Waals surface area contributed by atoms with Crippen molar-refractivity contribution in [2.24, 2.45) is 0 Å². The number of phenolic OH excluding ortho intramolecular Hbond substituents is 1. The smallest absolute Gasteiger partial charge is 0.200 e. The lowest BCUT2D eigenvalue weighted by Crippen LogP contribution is -2.39. The van der Waals surface area contributed by atoms with Crippen LogP contribution in [0.3, 0.4) is 0 Å². The van der Waals surface area contributed by atoms with Gasteiger partial charge in [-0.15, -0.1) is 0 Å². The Labute approximate surface area is 164 Å². The van der Waals surface area contributed by atoms with Crippen LogP contribution in [-0.2, 0) is 6.42 Å². The molecule has 2 aliphatic rings. The summed E-state index contributed by atoms with van der Waals surface area (Å²) in [5.74, 6) is 0.317. The molecule has 5 heteroatoms. The Morgan fingerprint density at radius 3 is 2.50 bits per heavy atom. The zero-order valence-electron chi connectivity index (χ0n) is 16.4. The summed E-state index contributed by atoms with van der Waals surface area (Å²) < 4.78 is 12.1. The van der Waals surface area contributed by atoms with Crippen LogP contribution in [0.2, 0.25) is 0 Å². The van der Waals surface area contributed by atoms with Gasteiger partial charge in [0, 0.05) is 17.5 Å². The van der Waals surface area contributed by atoms with E-state index in [1.54, 1.807) is 44.2 Å². The van der Waals surface area contributed by atoms with Crippen LogP contribution in [0, 0.1) is 0 Å². The largest absolute Gasteiger partial charge is 0.506 e. The number of carbonyl (C=O) groups is 1. The van der Waals surface area contributed by atoms with Crippen LogP contribution in [0.5, 0.6) is 17.2 Å². The van der Waals surface area contributed by atoms with Gasteiger partial charge in [0.25, 0.3) is 0 Å². The van der Waals surface area contributed by atoms with Gasteiger partial charge in [0.15, 0.2) is 0 Å². The molecule has 28 heavy (non-hydrogen) atoms. The minimum Gasteiger partial charge on any atom is -0.506 e. The van der Waals surface area contributed by atoms with Gasteiger partial charge >= 0.3 is 0 Å². The van der Waals surface area contributed by atoms with E-state index in [0.717, 1.165) is 0 Å². The molecule has 4 rings (SSSR count). The highest BCUT2D eigenvalue weighted by Crippen LogP contribution is 2.51. The molecule has 2 heterocycles. The first-order chi connectivity index (χ1) is 13.1. The van der Waals surface area contributed by atoms with Crippen LogP contribution in [0.4, 0.5) is 0 Å². The van der Waals surface area contributed by atoms with Crippen molar-refractivity contribution in [1.29, 1.82) is 0 Å². The highest BCUT2D eigenvalue weighted by atomic mass is 16.5. The third-order valence-electron chi connectivity index (χ3n) is 5.23. The third-order valence-corrected chi connectivity index (χ3v) is 5.23. The summed E-state index contributed by atoms with van der Waals surface area (Å²) in [4.78, 5) is 13.2. The lowest BCUT2D eigenvalue weighted by molar-refractivity contribution is -0.0232. The average molecular weight is 380 g/mol. The van der Waals surface area contributed by atoms with Gasteiger partial charge in [-0.05, 0) is 39.8 Å². The van der Waals surface area contributed by atoms with Gasteiger partial charge in [-0.25, -0.2) is 0 Å². The fourth-order valence-corrected chi connectivity index (χ4v) is 3.64. The number of phenols is 1. The van der Waals surface area contributed by atoms with E-state index in [0.29, 0.717) is 34.6 Å². The van der Waals surface area contributed by atoms with E-state index in [1.807, 2.05) is 26.0 Å². The first-order valence-electron chi connectivity index (χ1n) is 9.37. The lowest BCUT2D eigenvalue weighted by atomic mass is 9.90. The molecule has 0 aromatic heterocycles. The third kappa shape index (κ3) is 2.96. The molecule has 0 saturated carbocycles. The lowest BCUT2D eigenvalue weighted by Gasteiger charge is -2.30. The van der Waals surface area contributed by atoms with Crippen molar-refractivity contribution in [1.82, 2.24) is 0 Å². The van der Waals surface area contributed by atoms with E-state index < -0.39 is 17.3 Å². The van der Waals surface area contributed by atoms with Gasteiger partial charge in [0.1, 0.15) is 34.5 Å². The number of ether oxygens (including phenoxy) is 2. The molecule has 0 saturated heterocycles. The second-order valence-electron chi connectivity index (χ2n) is 8.47. The molecule has 0 amide bonds. The maximum absolute atomic E-state index is 13.2. The number of hydrogen-bond donors (Lipinski definition) is 2. The fraction of sp³-hybridized carbons (Fsp3) is 0.348. The zero-order valence-corrected chi connectivity index (χ0v) is 16.4. The summed E-state index contributed by atoms with van der Waals surface area (Å²) >= 11 is 0. The first kappa shape index (κ1) is 18.6. The Morgan fingerprint density at radius 1 is 1.18 bits per heavy atom. The molecule has 146 valence electrons. The number of aromatic hydroxyl groups is 1. The molecule has 0 radical (unpaired) electrons. The molecule has 0 fully saturated rings. The Morgan fingerprint density at radius 2 is 1.86 bits per heavy atom.